The Kier molecular flexibility index (Phi) is 5.03. The van der Waals surface area contributed by atoms with Crippen LogP contribution in [0.3, 0.4) is 0 Å². The SMILES string of the molecule is N#Cc1ccnc(N2CCN(C(=O)C3CCCN(C(N)=O)C3)CC2)c1. The molecule has 8 nitrogen and oxygen atoms in total. The predicted molar refractivity (Wildman–Crippen MR) is 91.6 cm³/mol. The summed E-state index contributed by atoms with van der Waals surface area (Å²) in [4.78, 5) is 33.9. The molecule has 0 aromatic carbocycles. The highest BCUT2D eigenvalue weighted by Crippen LogP contribution is 2.21. The van der Waals surface area contributed by atoms with Crippen LogP contribution >= 0.6 is 0 Å². The molecule has 3 amide bonds. The molecule has 2 N–H and O–H groups in total. The zero-order chi connectivity index (χ0) is 17.8. The molecule has 3 rings (SSSR count). The molecule has 1 aromatic rings. The molecule has 132 valence electrons. The molecule has 0 radical (unpaired) electrons. The van der Waals surface area contributed by atoms with Crippen LogP contribution in [0.2, 0.25) is 0 Å². The topological polar surface area (TPSA) is 107 Å². The van der Waals surface area contributed by atoms with E-state index in [1.54, 1.807) is 23.2 Å². The number of pyridine rings is 1. The predicted octanol–water partition coefficient (Wildman–Crippen LogP) is 0.393. The number of anilines is 1. The zero-order valence-corrected chi connectivity index (χ0v) is 14.1. The summed E-state index contributed by atoms with van der Waals surface area (Å²) >= 11 is 0. The second-order valence-corrected chi connectivity index (χ2v) is 6.45. The molecule has 2 aliphatic heterocycles. The van der Waals surface area contributed by atoms with Gasteiger partial charge in [0.15, 0.2) is 0 Å². The fraction of sp³-hybridized carbons (Fsp3) is 0.529. The van der Waals surface area contributed by atoms with Crippen LogP contribution in [0.1, 0.15) is 18.4 Å². The van der Waals surface area contributed by atoms with E-state index in [0.717, 1.165) is 18.7 Å². The molecule has 2 fully saturated rings. The van der Waals surface area contributed by atoms with Crippen LogP contribution < -0.4 is 10.6 Å². The van der Waals surface area contributed by atoms with E-state index >= 15 is 0 Å². The minimum absolute atomic E-state index is 0.101. The first-order chi connectivity index (χ1) is 12.1. The van der Waals surface area contributed by atoms with E-state index in [0.29, 0.717) is 44.8 Å². The maximum atomic E-state index is 12.7. The number of urea groups is 1. The van der Waals surface area contributed by atoms with Crippen LogP contribution in [0, 0.1) is 17.2 Å². The third-order valence-electron chi connectivity index (χ3n) is 4.87. The Morgan fingerprint density at radius 1 is 1.20 bits per heavy atom. The summed E-state index contributed by atoms with van der Waals surface area (Å²) in [6.07, 6.45) is 3.24. The number of nitrogens with zero attached hydrogens (tertiary/aromatic N) is 5. The van der Waals surface area contributed by atoms with Gasteiger partial charge in [0.1, 0.15) is 5.82 Å². The molecule has 2 aliphatic rings. The van der Waals surface area contributed by atoms with Crippen LogP contribution in [0.5, 0.6) is 0 Å². The lowest BCUT2D eigenvalue weighted by atomic mass is 9.96. The fourth-order valence-electron chi connectivity index (χ4n) is 3.45. The number of aromatic nitrogens is 1. The van der Waals surface area contributed by atoms with Crippen LogP contribution in [0.15, 0.2) is 18.3 Å². The van der Waals surface area contributed by atoms with Crippen LogP contribution in [-0.4, -0.2) is 66.0 Å². The van der Waals surface area contributed by atoms with Crippen LogP contribution in [0.25, 0.3) is 0 Å². The largest absolute Gasteiger partial charge is 0.353 e. The molecule has 25 heavy (non-hydrogen) atoms. The van der Waals surface area contributed by atoms with Crippen LogP contribution in [-0.2, 0) is 4.79 Å². The van der Waals surface area contributed by atoms with Gasteiger partial charge in [0.05, 0.1) is 17.6 Å². The fourth-order valence-corrected chi connectivity index (χ4v) is 3.45. The van der Waals surface area contributed by atoms with Gasteiger partial charge >= 0.3 is 6.03 Å². The monoisotopic (exact) mass is 342 g/mol. The number of primary amides is 1. The lowest BCUT2D eigenvalue weighted by Crippen LogP contribution is -2.53. The van der Waals surface area contributed by atoms with Gasteiger partial charge in [-0.25, -0.2) is 9.78 Å². The number of carbonyl (C=O) groups is 2. The maximum absolute atomic E-state index is 12.7. The number of rotatable bonds is 2. The number of hydrogen-bond acceptors (Lipinski definition) is 5. The lowest BCUT2D eigenvalue weighted by molar-refractivity contribution is -0.137. The Labute approximate surface area is 146 Å². The smallest absolute Gasteiger partial charge is 0.314 e. The van der Waals surface area contributed by atoms with E-state index in [2.05, 4.69) is 16.0 Å². The molecule has 0 aliphatic carbocycles. The molecule has 0 saturated carbocycles. The van der Waals surface area contributed by atoms with E-state index < -0.39 is 6.03 Å². The molecule has 1 unspecified atom stereocenters. The van der Waals surface area contributed by atoms with Crippen molar-refractivity contribution < 1.29 is 9.59 Å². The van der Waals surface area contributed by atoms with Crippen molar-refractivity contribution in [1.29, 1.82) is 5.26 Å². The van der Waals surface area contributed by atoms with Gasteiger partial charge in [-0.15, -0.1) is 0 Å². The quantitative estimate of drug-likeness (QED) is 0.837. The van der Waals surface area contributed by atoms with Crippen molar-refractivity contribution in [2.45, 2.75) is 12.8 Å². The van der Waals surface area contributed by atoms with E-state index in [-0.39, 0.29) is 11.8 Å². The molecule has 2 saturated heterocycles. The Balaban J connectivity index is 1.57. The number of carbonyl (C=O) groups excluding carboxylic acids is 2. The number of piperazine rings is 1. The second-order valence-electron chi connectivity index (χ2n) is 6.45. The number of nitriles is 1. The second kappa shape index (κ2) is 7.38. The van der Waals surface area contributed by atoms with Gasteiger partial charge in [0.2, 0.25) is 5.91 Å². The number of piperidine rings is 1. The van der Waals surface area contributed by atoms with Crippen molar-refractivity contribution in [2.75, 3.05) is 44.2 Å². The normalized spacial score (nSPS) is 20.9. The molecule has 0 spiro atoms. The summed E-state index contributed by atoms with van der Waals surface area (Å²) in [5.41, 5.74) is 5.92. The molecule has 3 heterocycles. The Hall–Kier alpha value is -2.82. The Morgan fingerprint density at radius 3 is 2.64 bits per heavy atom. The van der Waals surface area contributed by atoms with Crippen molar-refractivity contribution in [3.8, 4) is 6.07 Å². The van der Waals surface area contributed by atoms with Crippen molar-refractivity contribution in [2.24, 2.45) is 11.7 Å². The van der Waals surface area contributed by atoms with Gasteiger partial charge in [-0.1, -0.05) is 0 Å². The molecule has 0 bridgehead atoms. The van der Waals surface area contributed by atoms with Crippen molar-refractivity contribution in [1.82, 2.24) is 14.8 Å². The minimum atomic E-state index is -0.453. The Bertz CT molecular complexity index is 693. The third-order valence-corrected chi connectivity index (χ3v) is 4.87. The average Bonchev–Trinajstić information content (AvgIpc) is 2.67. The average molecular weight is 342 g/mol. The molecule has 8 heteroatoms. The zero-order valence-electron chi connectivity index (χ0n) is 14.1. The van der Waals surface area contributed by atoms with Gasteiger partial charge in [-0.05, 0) is 25.0 Å². The number of hydrogen-bond donors (Lipinski definition) is 1. The maximum Gasteiger partial charge on any atom is 0.314 e. The Morgan fingerprint density at radius 2 is 1.96 bits per heavy atom. The minimum Gasteiger partial charge on any atom is -0.353 e. The molecular weight excluding hydrogens is 320 g/mol. The molecule has 1 aromatic heterocycles. The summed E-state index contributed by atoms with van der Waals surface area (Å²) in [6.45, 7) is 3.64. The lowest BCUT2D eigenvalue weighted by Gasteiger charge is -2.39. The number of nitrogens with two attached hydrogens (primary N) is 1. The highest BCUT2D eigenvalue weighted by molar-refractivity contribution is 5.81. The van der Waals surface area contributed by atoms with Crippen LogP contribution in [0.4, 0.5) is 10.6 Å². The molecule has 1 atom stereocenters. The van der Waals surface area contributed by atoms with E-state index in [9.17, 15) is 9.59 Å². The van der Waals surface area contributed by atoms with E-state index in [4.69, 9.17) is 11.0 Å². The number of likely N-dealkylation sites (tertiary alicyclic amines) is 1. The summed E-state index contributed by atoms with van der Waals surface area (Å²) in [7, 11) is 0. The van der Waals surface area contributed by atoms with Gasteiger partial charge in [-0.3, -0.25) is 4.79 Å². The summed E-state index contributed by atoms with van der Waals surface area (Å²) in [5.74, 6) is 0.709. The van der Waals surface area contributed by atoms with Crippen molar-refractivity contribution in [3.05, 3.63) is 23.9 Å². The summed E-state index contributed by atoms with van der Waals surface area (Å²) < 4.78 is 0. The van der Waals surface area contributed by atoms with E-state index in [1.165, 1.54) is 0 Å². The van der Waals surface area contributed by atoms with Gasteiger partial charge in [0, 0.05) is 45.5 Å². The van der Waals surface area contributed by atoms with Gasteiger partial charge in [-0.2, -0.15) is 5.26 Å². The highest BCUT2D eigenvalue weighted by Gasteiger charge is 2.32. The highest BCUT2D eigenvalue weighted by atomic mass is 16.2. The van der Waals surface area contributed by atoms with Gasteiger partial charge < -0.3 is 20.4 Å². The first-order valence-corrected chi connectivity index (χ1v) is 8.53. The third kappa shape index (κ3) is 3.82. The van der Waals surface area contributed by atoms with Gasteiger partial charge in [0.25, 0.3) is 0 Å². The summed E-state index contributed by atoms with van der Waals surface area (Å²) in [5, 5.41) is 8.99. The van der Waals surface area contributed by atoms with Crippen molar-refractivity contribution in [3.63, 3.8) is 0 Å². The molecular formula is C17H22N6O2. The number of amides is 3. The standard InChI is InChI=1S/C17H22N6O2/c18-11-13-3-4-20-15(10-13)21-6-8-22(9-7-21)16(24)14-2-1-5-23(12-14)17(19)25/h3-4,10,14H,1-2,5-9,12H2,(H2,19,25). The van der Waals surface area contributed by atoms with Crippen molar-refractivity contribution >= 4 is 17.8 Å². The first-order valence-electron chi connectivity index (χ1n) is 8.53. The first kappa shape index (κ1) is 17.0. The van der Waals surface area contributed by atoms with E-state index in [1.807, 2.05) is 4.90 Å². The summed E-state index contributed by atoms with van der Waals surface area (Å²) in [6, 6.07) is 5.11.